The van der Waals surface area contributed by atoms with Crippen LogP contribution in [0, 0.1) is 0 Å². The molecule has 0 aliphatic rings. The largest absolute Gasteiger partial charge is 0.396 e. The fraction of sp³-hybridized carbons (Fsp3) is 1.00. The SMILES string of the molecule is CCCCO.CCCCO.[Ni]. The molecule has 2 N–H and O–H groups in total. The van der Waals surface area contributed by atoms with Crippen LogP contribution in [0.1, 0.15) is 39.5 Å². The summed E-state index contributed by atoms with van der Waals surface area (Å²) in [5.74, 6) is 0. The van der Waals surface area contributed by atoms with E-state index in [0.29, 0.717) is 13.2 Å². The number of hydrogen-bond donors (Lipinski definition) is 2. The minimum atomic E-state index is 0. The summed E-state index contributed by atoms with van der Waals surface area (Å²) in [6, 6.07) is 0. The Bertz CT molecular complexity index is 33.1. The van der Waals surface area contributed by atoms with Gasteiger partial charge in [0.1, 0.15) is 0 Å². The van der Waals surface area contributed by atoms with Gasteiger partial charge in [0.25, 0.3) is 0 Å². The maximum absolute atomic E-state index is 8.07. The van der Waals surface area contributed by atoms with Crippen molar-refractivity contribution in [1.82, 2.24) is 0 Å². The second kappa shape index (κ2) is 22.4. The zero-order valence-corrected chi connectivity index (χ0v) is 8.44. The summed E-state index contributed by atoms with van der Waals surface area (Å²) >= 11 is 0. The molecule has 0 atom stereocenters. The van der Waals surface area contributed by atoms with Crippen molar-refractivity contribution in [2.75, 3.05) is 13.2 Å². The molecule has 0 heterocycles. The smallest absolute Gasteiger partial charge is 0.0430 e. The summed E-state index contributed by atoms with van der Waals surface area (Å²) in [5, 5.41) is 16.1. The fourth-order valence-electron chi connectivity index (χ4n) is 0.316. The molecule has 0 aliphatic heterocycles. The molecular weight excluding hydrogens is 187 g/mol. The van der Waals surface area contributed by atoms with Gasteiger partial charge in [-0.2, -0.15) is 0 Å². The van der Waals surface area contributed by atoms with Crippen molar-refractivity contribution in [3.63, 3.8) is 0 Å². The molecule has 11 heavy (non-hydrogen) atoms. The molecule has 0 rings (SSSR count). The van der Waals surface area contributed by atoms with Crippen molar-refractivity contribution in [2.45, 2.75) is 39.5 Å². The molecule has 2 nitrogen and oxygen atoms in total. The van der Waals surface area contributed by atoms with Gasteiger partial charge >= 0.3 is 0 Å². The van der Waals surface area contributed by atoms with Gasteiger partial charge in [-0.3, -0.25) is 0 Å². The predicted octanol–water partition coefficient (Wildman–Crippen LogP) is 1.56. The molecule has 0 bridgehead atoms. The average Bonchev–Trinajstić information content (AvgIpc) is 1.93. The monoisotopic (exact) mass is 206 g/mol. The zero-order chi connectivity index (χ0) is 8.24. The third-order valence-electron chi connectivity index (χ3n) is 1.02. The number of hydrogen-bond acceptors (Lipinski definition) is 2. The molecule has 74 valence electrons. The van der Waals surface area contributed by atoms with Crippen LogP contribution in [-0.4, -0.2) is 23.4 Å². The molecule has 0 unspecified atom stereocenters. The van der Waals surface area contributed by atoms with Gasteiger partial charge in [-0.05, 0) is 12.8 Å². The first-order chi connectivity index (χ1) is 4.83. The van der Waals surface area contributed by atoms with Crippen LogP contribution in [0.5, 0.6) is 0 Å². The second-order valence-corrected chi connectivity index (χ2v) is 2.15. The van der Waals surface area contributed by atoms with Crippen LogP contribution in [0.3, 0.4) is 0 Å². The third-order valence-corrected chi connectivity index (χ3v) is 1.02. The van der Waals surface area contributed by atoms with Gasteiger partial charge in [0.15, 0.2) is 0 Å². The van der Waals surface area contributed by atoms with E-state index in [1.165, 1.54) is 0 Å². The van der Waals surface area contributed by atoms with Crippen molar-refractivity contribution in [2.24, 2.45) is 0 Å². The standard InChI is InChI=1S/2C4H10O.Ni/c2*1-2-3-4-5;/h2*5H,2-4H2,1H3;. The minimum Gasteiger partial charge on any atom is -0.396 e. The Labute approximate surface area is 79.9 Å². The van der Waals surface area contributed by atoms with Crippen molar-refractivity contribution in [1.29, 1.82) is 0 Å². The van der Waals surface area contributed by atoms with Crippen molar-refractivity contribution in [3.8, 4) is 0 Å². The zero-order valence-electron chi connectivity index (χ0n) is 7.45. The number of aliphatic hydroxyl groups excluding tert-OH is 2. The van der Waals surface area contributed by atoms with Crippen LogP contribution in [0.15, 0.2) is 0 Å². The van der Waals surface area contributed by atoms with Crippen LogP contribution in [0.25, 0.3) is 0 Å². The molecule has 0 aromatic heterocycles. The molecule has 0 fully saturated rings. The Morgan fingerprint density at radius 3 is 1.09 bits per heavy atom. The quantitative estimate of drug-likeness (QED) is 0.686. The van der Waals surface area contributed by atoms with E-state index in [0.717, 1.165) is 25.7 Å². The predicted molar refractivity (Wildman–Crippen MR) is 44.0 cm³/mol. The van der Waals surface area contributed by atoms with E-state index in [-0.39, 0.29) is 16.5 Å². The molecule has 3 heteroatoms. The molecule has 0 spiro atoms. The molecule has 0 saturated carbocycles. The Morgan fingerprint density at radius 1 is 0.818 bits per heavy atom. The van der Waals surface area contributed by atoms with Crippen LogP contribution in [0.4, 0.5) is 0 Å². The van der Waals surface area contributed by atoms with Crippen LogP contribution < -0.4 is 0 Å². The maximum atomic E-state index is 8.07. The summed E-state index contributed by atoms with van der Waals surface area (Å²) in [4.78, 5) is 0. The Hall–Kier alpha value is 0.414. The number of rotatable bonds is 4. The molecule has 0 saturated heterocycles. The average molecular weight is 207 g/mol. The van der Waals surface area contributed by atoms with Gasteiger partial charge in [0.05, 0.1) is 0 Å². The molecular formula is C8H20NiO2. The van der Waals surface area contributed by atoms with Gasteiger partial charge in [-0.25, -0.2) is 0 Å². The fourth-order valence-corrected chi connectivity index (χ4v) is 0.316. The molecule has 0 aromatic rings. The first-order valence-corrected chi connectivity index (χ1v) is 4.05. The van der Waals surface area contributed by atoms with Crippen molar-refractivity contribution < 1.29 is 26.7 Å². The molecule has 0 aromatic carbocycles. The van der Waals surface area contributed by atoms with E-state index in [1.807, 2.05) is 0 Å². The summed E-state index contributed by atoms with van der Waals surface area (Å²) in [6.07, 6.45) is 4.08. The summed E-state index contributed by atoms with van der Waals surface area (Å²) < 4.78 is 0. The van der Waals surface area contributed by atoms with Crippen molar-refractivity contribution >= 4 is 0 Å². The topological polar surface area (TPSA) is 40.5 Å². The van der Waals surface area contributed by atoms with Gasteiger partial charge < -0.3 is 10.2 Å². The Balaban J connectivity index is -0.000000107. The first-order valence-electron chi connectivity index (χ1n) is 4.05. The maximum Gasteiger partial charge on any atom is 0.0430 e. The van der Waals surface area contributed by atoms with E-state index in [2.05, 4.69) is 13.8 Å². The van der Waals surface area contributed by atoms with Gasteiger partial charge in [-0.1, -0.05) is 26.7 Å². The van der Waals surface area contributed by atoms with E-state index < -0.39 is 0 Å². The van der Waals surface area contributed by atoms with E-state index in [9.17, 15) is 0 Å². The van der Waals surface area contributed by atoms with Crippen LogP contribution in [0.2, 0.25) is 0 Å². The minimum absolute atomic E-state index is 0. The van der Waals surface area contributed by atoms with E-state index in [4.69, 9.17) is 10.2 Å². The summed E-state index contributed by atoms with van der Waals surface area (Å²) in [7, 11) is 0. The number of unbranched alkanes of at least 4 members (excludes halogenated alkanes) is 2. The molecule has 0 radical (unpaired) electrons. The summed E-state index contributed by atoms with van der Waals surface area (Å²) in [5.41, 5.74) is 0. The van der Waals surface area contributed by atoms with E-state index in [1.54, 1.807) is 0 Å². The molecule has 0 aliphatic carbocycles. The van der Waals surface area contributed by atoms with Crippen LogP contribution >= 0.6 is 0 Å². The van der Waals surface area contributed by atoms with Crippen molar-refractivity contribution in [3.05, 3.63) is 0 Å². The summed E-state index contributed by atoms with van der Waals surface area (Å²) in [6.45, 7) is 4.79. The Morgan fingerprint density at radius 2 is 1.09 bits per heavy atom. The molecule has 0 amide bonds. The normalized spacial score (nSPS) is 7.64. The van der Waals surface area contributed by atoms with Gasteiger partial charge in [-0.15, -0.1) is 0 Å². The van der Waals surface area contributed by atoms with Crippen LogP contribution in [-0.2, 0) is 16.5 Å². The first kappa shape index (κ1) is 17.5. The van der Waals surface area contributed by atoms with Gasteiger partial charge in [0, 0.05) is 29.7 Å². The Kier molecular flexibility index (Phi) is 35.7. The number of aliphatic hydroxyl groups is 2. The van der Waals surface area contributed by atoms with Gasteiger partial charge in [0.2, 0.25) is 0 Å². The van der Waals surface area contributed by atoms with E-state index >= 15 is 0 Å². The third kappa shape index (κ3) is 37.8. The second-order valence-electron chi connectivity index (χ2n) is 2.15.